The van der Waals surface area contributed by atoms with Gasteiger partial charge in [0.15, 0.2) is 0 Å². The maximum Gasteiger partial charge on any atom is 0.337 e. The number of rotatable bonds is 3. The molecule has 0 atom stereocenters. The molecule has 0 spiro atoms. The second-order valence-electron chi connectivity index (χ2n) is 4.50. The van der Waals surface area contributed by atoms with Crippen molar-refractivity contribution in [3.63, 3.8) is 0 Å². The van der Waals surface area contributed by atoms with E-state index in [9.17, 15) is 9.90 Å². The minimum absolute atomic E-state index is 0.0261. The third-order valence-corrected chi connectivity index (χ3v) is 3.27. The zero-order valence-electron chi connectivity index (χ0n) is 11.1. The van der Waals surface area contributed by atoms with E-state index in [1.807, 2.05) is 13.0 Å². The summed E-state index contributed by atoms with van der Waals surface area (Å²) in [6.45, 7) is 1.84. The summed E-state index contributed by atoms with van der Waals surface area (Å²) in [7, 11) is 0. The van der Waals surface area contributed by atoms with Crippen molar-refractivity contribution in [3.8, 4) is 6.07 Å². The van der Waals surface area contributed by atoms with Crippen LogP contribution in [0, 0.1) is 18.3 Å². The minimum Gasteiger partial charge on any atom is -0.478 e. The van der Waals surface area contributed by atoms with Gasteiger partial charge in [0, 0.05) is 11.4 Å². The van der Waals surface area contributed by atoms with Crippen LogP contribution in [0.15, 0.2) is 30.3 Å². The Kier molecular flexibility index (Phi) is 4.01. The highest BCUT2D eigenvalue weighted by atomic mass is 35.5. The molecule has 0 aliphatic heterocycles. The van der Waals surface area contributed by atoms with Crippen LogP contribution >= 0.6 is 11.6 Å². The first-order valence-electron chi connectivity index (χ1n) is 6.02. The number of carboxylic acid groups (broad SMARTS) is 1. The third-order valence-electron chi connectivity index (χ3n) is 2.97. The molecule has 0 aromatic heterocycles. The summed E-state index contributed by atoms with van der Waals surface area (Å²) in [5.41, 5.74) is 8.04. The Bertz CT molecular complexity index is 766. The molecule has 0 amide bonds. The molecule has 0 saturated carbocycles. The van der Waals surface area contributed by atoms with Crippen LogP contribution in [-0.2, 0) is 0 Å². The second-order valence-corrected chi connectivity index (χ2v) is 4.90. The molecule has 6 heteroatoms. The van der Waals surface area contributed by atoms with Crippen molar-refractivity contribution in [1.29, 1.82) is 5.26 Å². The van der Waals surface area contributed by atoms with Gasteiger partial charge >= 0.3 is 5.97 Å². The molecule has 0 aliphatic rings. The van der Waals surface area contributed by atoms with Crippen molar-refractivity contribution in [2.24, 2.45) is 0 Å². The molecular formula is C15H12ClN3O2. The monoisotopic (exact) mass is 301 g/mol. The summed E-state index contributed by atoms with van der Waals surface area (Å²) in [5, 5.41) is 21.4. The van der Waals surface area contributed by atoms with Crippen LogP contribution in [0.25, 0.3) is 0 Å². The highest BCUT2D eigenvalue weighted by molar-refractivity contribution is 6.34. The van der Waals surface area contributed by atoms with Gasteiger partial charge in [0.05, 0.1) is 27.9 Å². The lowest BCUT2D eigenvalue weighted by Gasteiger charge is -2.14. The zero-order chi connectivity index (χ0) is 15.6. The molecule has 2 rings (SSSR count). The number of anilines is 3. The van der Waals surface area contributed by atoms with E-state index in [0.29, 0.717) is 11.3 Å². The average Bonchev–Trinajstić information content (AvgIpc) is 2.43. The molecule has 0 saturated heterocycles. The fraction of sp³-hybridized carbons (Fsp3) is 0.0667. The molecule has 0 fully saturated rings. The van der Waals surface area contributed by atoms with E-state index in [2.05, 4.69) is 5.32 Å². The summed E-state index contributed by atoms with van der Waals surface area (Å²) in [5.74, 6) is -1.14. The van der Waals surface area contributed by atoms with E-state index in [1.165, 1.54) is 12.1 Å². The van der Waals surface area contributed by atoms with E-state index in [1.54, 1.807) is 18.2 Å². The van der Waals surface area contributed by atoms with Crippen molar-refractivity contribution >= 4 is 34.6 Å². The molecule has 2 aromatic carbocycles. The lowest BCUT2D eigenvalue weighted by Crippen LogP contribution is -2.05. The van der Waals surface area contributed by atoms with Crippen LogP contribution in [0.5, 0.6) is 0 Å². The standard InChI is InChI=1S/C15H12ClN3O2/c1-8-2-3-9(7-17)4-13(8)19-14-11(15(20)21)5-10(18)6-12(14)16/h2-6,19H,18H2,1H3,(H,20,21). The summed E-state index contributed by atoms with van der Waals surface area (Å²) in [6.07, 6.45) is 0. The van der Waals surface area contributed by atoms with Gasteiger partial charge in [0.25, 0.3) is 0 Å². The Morgan fingerprint density at radius 1 is 1.38 bits per heavy atom. The first-order chi connectivity index (χ1) is 9.92. The summed E-state index contributed by atoms with van der Waals surface area (Å²) >= 11 is 6.08. The van der Waals surface area contributed by atoms with E-state index in [4.69, 9.17) is 22.6 Å². The molecule has 4 N–H and O–H groups in total. The number of halogens is 1. The van der Waals surface area contributed by atoms with Crippen molar-refractivity contribution in [2.45, 2.75) is 6.92 Å². The van der Waals surface area contributed by atoms with Crippen molar-refractivity contribution in [2.75, 3.05) is 11.1 Å². The number of nitrogens with two attached hydrogens (primary N) is 1. The number of aromatic carboxylic acids is 1. The first kappa shape index (κ1) is 14.7. The first-order valence-corrected chi connectivity index (χ1v) is 6.40. The summed E-state index contributed by atoms with van der Waals surface area (Å²) in [4.78, 5) is 11.3. The third kappa shape index (κ3) is 3.07. The Morgan fingerprint density at radius 3 is 2.71 bits per heavy atom. The van der Waals surface area contributed by atoms with Crippen LogP contribution in [-0.4, -0.2) is 11.1 Å². The van der Waals surface area contributed by atoms with Crippen molar-refractivity contribution in [3.05, 3.63) is 52.0 Å². The van der Waals surface area contributed by atoms with E-state index < -0.39 is 5.97 Å². The number of nitrogen functional groups attached to an aromatic ring is 1. The molecule has 21 heavy (non-hydrogen) atoms. The Morgan fingerprint density at radius 2 is 2.10 bits per heavy atom. The number of benzene rings is 2. The Labute approximate surface area is 126 Å². The predicted octanol–water partition coefficient (Wildman–Crippen LogP) is 3.54. The number of aryl methyl sites for hydroxylation is 1. The van der Waals surface area contributed by atoms with Gasteiger partial charge in [0.1, 0.15) is 0 Å². The number of nitrogens with one attached hydrogen (secondary N) is 1. The predicted molar refractivity (Wildman–Crippen MR) is 82.0 cm³/mol. The second kappa shape index (κ2) is 5.73. The smallest absolute Gasteiger partial charge is 0.337 e. The number of nitriles is 1. The molecular weight excluding hydrogens is 290 g/mol. The van der Waals surface area contributed by atoms with Crippen LogP contribution in [0.2, 0.25) is 5.02 Å². The average molecular weight is 302 g/mol. The molecule has 0 unspecified atom stereocenters. The fourth-order valence-electron chi connectivity index (χ4n) is 1.88. The lowest BCUT2D eigenvalue weighted by molar-refractivity contribution is 0.0698. The van der Waals surface area contributed by atoms with Gasteiger partial charge in [-0.2, -0.15) is 5.26 Å². The summed E-state index contributed by atoms with van der Waals surface area (Å²) < 4.78 is 0. The fourth-order valence-corrected chi connectivity index (χ4v) is 2.16. The largest absolute Gasteiger partial charge is 0.478 e. The Balaban J connectivity index is 2.54. The Hall–Kier alpha value is -2.71. The summed E-state index contributed by atoms with van der Waals surface area (Å²) in [6, 6.07) is 9.92. The van der Waals surface area contributed by atoms with Gasteiger partial charge in [0.2, 0.25) is 0 Å². The molecule has 0 aliphatic carbocycles. The number of carboxylic acids is 1. The van der Waals surface area contributed by atoms with Gasteiger partial charge in [-0.1, -0.05) is 17.7 Å². The van der Waals surface area contributed by atoms with Gasteiger partial charge in [-0.05, 0) is 36.8 Å². The van der Waals surface area contributed by atoms with E-state index in [-0.39, 0.29) is 22.0 Å². The molecule has 0 bridgehead atoms. The van der Waals surface area contributed by atoms with Crippen LogP contribution in [0.1, 0.15) is 21.5 Å². The highest BCUT2D eigenvalue weighted by Gasteiger charge is 2.16. The van der Waals surface area contributed by atoms with Gasteiger partial charge in [-0.3, -0.25) is 0 Å². The van der Waals surface area contributed by atoms with Crippen LogP contribution in [0.4, 0.5) is 17.1 Å². The van der Waals surface area contributed by atoms with E-state index >= 15 is 0 Å². The number of hydrogen-bond donors (Lipinski definition) is 3. The number of nitrogens with zero attached hydrogens (tertiary/aromatic N) is 1. The molecule has 5 nitrogen and oxygen atoms in total. The maximum atomic E-state index is 11.3. The normalized spacial score (nSPS) is 9.95. The lowest BCUT2D eigenvalue weighted by atomic mass is 10.1. The topological polar surface area (TPSA) is 99.1 Å². The highest BCUT2D eigenvalue weighted by Crippen LogP contribution is 2.33. The van der Waals surface area contributed by atoms with E-state index in [0.717, 1.165) is 5.56 Å². The molecule has 0 heterocycles. The van der Waals surface area contributed by atoms with Crippen LogP contribution in [0.3, 0.4) is 0 Å². The minimum atomic E-state index is -1.14. The maximum absolute atomic E-state index is 11.3. The zero-order valence-corrected chi connectivity index (χ0v) is 11.9. The molecule has 2 aromatic rings. The quantitative estimate of drug-likeness (QED) is 0.753. The molecule has 106 valence electrons. The molecule has 0 radical (unpaired) electrons. The SMILES string of the molecule is Cc1ccc(C#N)cc1Nc1c(Cl)cc(N)cc1C(=O)O. The van der Waals surface area contributed by atoms with Crippen LogP contribution < -0.4 is 11.1 Å². The number of hydrogen-bond acceptors (Lipinski definition) is 4. The van der Waals surface area contributed by atoms with Gasteiger partial charge in [-0.25, -0.2) is 4.79 Å². The van der Waals surface area contributed by atoms with Crippen molar-refractivity contribution in [1.82, 2.24) is 0 Å². The van der Waals surface area contributed by atoms with Gasteiger partial charge in [-0.15, -0.1) is 0 Å². The van der Waals surface area contributed by atoms with Gasteiger partial charge < -0.3 is 16.2 Å². The van der Waals surface area contributed by atoms with Crippen molar-refractivity contribution < 1.29 is 9.90 Å². The number of carbonyl (C=O) groups is 1.